The Kier molecular flexibility index (Phi) is 5.08. The lowest BCUT2D eigenvalue weighted by atomic mass is 9.84. The Morgan fingerprint density at radius 1 is 0.594 bits per heavy atom. The Labute approximate surface area is 188 Å². The van der Waals surface area contributed by atoms with Crippen LogP contribution in [0.25, 0.3) is 0 Å². The average molecular weight is 460 g/mol. The zero-order valence-corrected chi connectivity index (χ0v) is 17.8. The highest BCUT2D eigenvalue weighted by atomic mass is 32.2. The third-order valence-electron chi connectivity index (χ3n) is 4.70. The molecule has 10 heteroatoms. The molecule has 2 N–H and O–H groups in total. The molecule has 0 saturated heterocycles. The number of carbonyl (C=O) groups is 2. The van der Waals surface area contributed by atoms with Crippen molar-refractivity contribution >= 4 is 35.1 Å². The molecule has 1 aliphatic rings. The van der Waals surface area contributed by atoms with Gasteiger partial charge in [0.25, 0.3) is 11.1 Å². The van der Waals surface area contributed by atoms with Crippen LogP contribution in [0, 0.1) is 0 Å². The summed E-state index contributed by atoms with van der Waals surface area (Å²) < 4.78 is 0. The fraction of sp³-hybridized carbons (Fsp3) is 0. The quantitative estimate of drug-likeness (QED) is 0.392. The first kappa shape index (κ1) is 20.2. The molecule has 4 aromatic rings. The van der Waals surface area contributed by atoms with E-state index in [1.54, 1.807) is 36.4 Å². The van der Waals surface area contributed by atoms with E-state index in [9.17, 15) is 19.2 Å². The van der Waals surface area contributed by atoms with E-state index in [4.69, 9.17) is 0 Å². The third-order valence-corrected chi connectivity index (χ3v) is 6.63. The number of fused-ring (bicyclic) bond motifs is 2. The summed E-state index contributed by atoms with van der Waals surface area (Å²) >= 11 is 2.22. The molecule has 2 aromatic carbocycles. The van der Waals surface area contributed by atoms with Gasteiger partial charge in [0, 0.05) is 56.6 Å². The Morgan fingerprint density at radius 3 is 1.44 bits per heavy atom. The molecule has 0 atom stereocenters. The van der Waals surface area contributed by atoms with Crippen molar-refractivity contribution in [2.75, 3.05) is 0 Å². The van der Waals surface area contributed by atoms with Crippen LogP contribution in [-0.2, 0) is 0 Å². The van der Waals surface area contributed by atoms with Crippen molar-refractivity contribution in [3.63, 3.8) is 0 Å². The van der Waals surface area contributed by atoms with Gasteiger partial charge >= 0.3 is 0 Å². The number of rotatable bonds is 4. The lowest BCUT2D eigenvalue weighted by molar-refractivity contribution is 0.0974. The van der Waals surface area contributed by atoms with E-state index >= 15 is 0 Å². The van der Waals surface area contributed by atoms with Gasteiger partial charge in [0.2, 0.25) is 0 Å². The number of hydrogen-bond acceptors (Lipinski definition) is 8. The van der Waals surface area contributed by atoms with Crippen molar-refractivity contribution in [1.82, 2.24) is 19.9 Å². The van der Waals surface area contributed by atoms with Crippen molar-refractivity contribution in [1.29, 1.82) is 0 Å². The Morgan fingerprint density at radius 2 is 1.03 bits per heavy atom. The first-order valence-corrected chi connectivity index (χ1v) is 11.0. The largest absolute Gasteiger partial charge is 0.301 e. The summed E-state index contributed by atoms with van der Waals surface area (Å²) in [7, 11) is 0. The maximum absolute atomic E-state index is 13.4. The van der Waals surface area contributed by atoms with Crippen LogP contribution in [0.2, 0.25) is 0 Å². The topological polar surface area (TPSA) is 126 Å². The molecule has 156 valence electrons. The van der Waals surface area contributed by atoms with Gasteiger partial charge in [-0.2, -0.15) is 0 Å². The molecule has 0 fully saturated rings. The predicted octanol–water partition coefficient (Wildman–Crippen LogP) is 2.93. The Bertz CT molecular complexity index is 1410. The summed E-state index contributed by atoms with van der Waals surface area (Å²) in [6, 6.07) is 12.6. The van der Waals surface area contributed by atoms with Crippen LogP contribution in [-0.4, -0.2) is 31.5 Å². The second-order valence-electron chi connectivity index (χ2n) is 6.70. The van der Waals surface area contributed by atoms with Gasteiger partial charge in [-0.05, 0) is 12.1 Å². The molecular weight excluding hydrogens is 448 g/mol. The number of carbonyl (C=O) groups excluding carboxylic acids is 2. The average Bonchev–Trinajstić information content (AvgIpc) is 2.77. The second-order valence-corrected chi connectivity index (χ2v) is 8.76. The van der Waals surface area contributed by atoms with Crippen LogP contribution in [0.3, 0.4) is 0 Å². The van der Waals surface area contributed by atoms with E-state index in [1.165, 1.54) is 24.5 Å². The zero-order chi connectivity index (χ0) is 22.2. The van der Waals surface area contributed by atoms with Gasteiger partial charge < -0.3 is 9.97 Å². The summed E-state index contributed by atoms with van der Waals surface area (Å²) in [5.74, 6) is -0.596. The zero-order valence-electron chi connectivity index (χ0n) is 16.1. The van der Waals surface area contributed by atoms with E-state index in [-0.39, 0.29) is 44.9 Å². The molecule has 8 nitrogen and oxygen atoms in total. The highest BCUT2D eigenvalue weighted by Gasteiger charge is 2.34. The number of H-pyrrole nitrogens is 2. The fourth-order valence-corrected chi connectivity index (χ4v) is 5.21. The van der Waals surface area contributed by atoms with Gasteiger partial charge in [0.15, 0.2) is 21.9 Å². The number of nitrogens with zero attached hydrogens (tertiary/aromatic N) is 2. The molecule has 0 amide bonds. The van der Waals surface area contributed by atoms with Crippen LogP contribution < -0.4 is 11.1 Å². The molecule has 0 bridgehead atoms. The molecular formula is C22H12N4O4S2. The van der Waals surface area contributed by atoms with Crippen LogP contribution >= 0.6 is 23.5 Å². The molecule has 0 aliphatic heterocycles. The van der Waals surface area contributed by atoms with E-state index in [0.29, 0.717) is 20.1 Å². The van der Waals surface area contributed by atoms with Gasteiger partial charge in [0.1, 0.15) is 0 Å². The van der Waals surface area contributed by atoms with Gasteiger partial charge in [-0.25, -0.2) is 9.97 Å². The molecule has 32 heavy (non-hydrogen) atoms. The van der Waals surface area contributed by atoms with Crippen molar-refractivity contribution < 1.29 is 9.59 Å². The number of ketones is 2. The third kappa shape index (κ3) is 3.59. The van der Waals surface area contributed by atoms with Crippen molar-refractivity contribution in [2.24, 2.45) is 0 Å². The Balaban J connectivity index is 1.60. The van der Waals surface area contributed by atoms with Crippen molar-refractivity contribution in [3.05, 3.63) is 104 Å². The maximum Gasteiger partial charge on any atom is 0.251 e. The molecule has 5 rings (SSSR count). The molecule has 0 unspecified atom stereocenters. The van der Waals surface area contributed by atoms with Crippen LogP contribution in [0.15, 0.2) is 90.6 Å². The SMILES string of the molecule is O=C1c2cccc(Sc3nccc(=O)[nH]3)c2C(=O)c2cccc(Sc3nccc(=O)[nH]3)c21. The summed E-state index contributed by atoms with van der Waals surface area (Å²) in [5.41, 5.74) is 0.468. The number of benzene rings is 2. The minimum absolute atomic E-state index is 0.272. The maximum atomic E-state index is 13.4. The van der Waals surface area contributed by atoms with E-state index in [1.807, 2.05) is 0 Å². The van der Waals surface area contributed by atoms with Gasteiger partial charge in [-0.3, -0.25) is 19.2 Å². The summed E-state index contributed by atoms with van der Waals surface area (Å²) in [6.45, 7) is 0. The first-order chi connectivity index (χ1) is 15.5. The van der Waals surface area contributed by atoms with Gasteiger partial charge in [-0.15, -0.1) is 0 Å². The number of nitrogens with one attached hydrogen (secondary N) is 2. The lowest BCUT2D eigenvalue weighted by Crippen LogP contribution is -2.22. The van der Waals surface area contributed by atoms with Crippen LogP contribution in [0.4, 0.5) is 0 Å². The molecule has 2 aromatic heterocycles. The molecule has 0 spiro atoms. The monoisotopic (exact) mass is 460 g/mol. The highest BCUT2D eigenvalue weighted by Crippen LogP contribution is 2.39. The fourth-order valence-electron chi connectivity index (χ4n) is 3.36. The number of hydrogen-bond donors (Lipinski definition) is 2. The van der Waals surface area contributed by atoms with Crippen LogP contribution in [0.5, 0.6) is 0 Å². The first-order valence-electron chi connectivity index (χ1n) is 9.33. The van der Waals surface area contributed by atoms with E-state index in [0.717, 1.165) is 23.5 Å². The lowest BCUT2D eigenvalue weighted by Gasteiger charge is -2.21. The molecule has 0 saturated carbocycles. The smallest absolute Gasteiger partial charge is 0.251 e. The van der Waals surface area contributed by atoms with Crippen LogP contribution in [0.1, 0.15) is 31.8 Å². The number of aromatic amines is 2. The Hall–Kier alpha value is -3.76. The molecule has 1 aliphatic carbocycles. The summed E-state index contributed by atoms with van der Waals surface area (Å²) in [4.78, 5) is 64.6. The van der Waals surface area contributed by atoms with E-state index < -0.39 is 0 Å². The van der Waals surface area contributed by atoms with Gasteiger partial charge in [-0.1, -0.05) is 47.8 Å². The highest BCUT2D eigenvalue weighted by molar-refractivity contribution is 7.99. The minimum Gasteiger partial charge on any atom is -0.301 e. The van der Waals surface area contributed by atoms with Gasteiger partial charge in [0.05, 0.1) is 0 Å². The summed E-state index contributed by atoms with van der Waals surface area (Å²) in [5, 5.41) is 0.640. The van der Waals surface area contributed by atoms with Crippen molar-refractivity contribution in [2.45, 2.75) is 20.1 Å². The van der Waals surface area contributed by atoms with E-state index in [2.05, 4.69) is 19.9 Å². The normalized spacial score (nSPS) is 12.4. The van der Waals surface area contributed by atoms with Crippen molar-refractivity contribution in [3.8, 4) is 0 Å². The standard InChI is InChI=1S/C22H12N4O4S2/c27-15-7-9-23-21(25-15)31-13-5-1-3-11-17(13)20(30)12-4-2-6-14(18(12)19(11)29)32-22-24-10-8-16(28)26-22/h1-10H,(H,23,25,27)(H,24,26,28). The molecule has 2 heterocycles. The second kappa shape index (κ2) is 8.06. The number of aromatic nitrogens is 4. The summed E-state index contributed by atoms with van der Waals surface area (Å²) in [6.07, 6.45) is 2.76. The molecule has 0 radical (unpaired) electrons. The predicted molar refractivity (Wildman–Crippen MR) is 118 cm³/mol. The minimum atomic E-state index is -0.311.